The molecule has 3 N–H and O–H groups in total. The van der Waals surface area contributed by atoms with Gasteiger partial charge in [0.2, 0.25) is 0 Å². The van der Waals surface area contributed by atoms with Gasteiger partial charge in [-0.1, -0.05) is 0 Å². The molecular weight excluding hydrogens is 421 g/mol. The molecule has 2 rings (SSSR count). The normalized spacial score (nSPS) is 12.9. The van der Waals surface area contributed by atoms with Gasteiger partial charge in [0.15, 0.2) is 5.57 Å². The van der Waals surface area contributed by atoms with E-state index in [-0.39, 0.29) is 15.7 Å². The molecule has 0 unspecified atom stereocenters. The molecule has 0 saturated carbocycles. The molecular formula is C18H19F3N6O2S. The van der Waals surface area contributed by atoms with E-state index in [2.05, 4.69) is 15.6 Å². The number of hydrogen-bond donors (Lipinski definition) is 3. The zero-order valence-electron chi connectivity index (χ0n) is 16.1. The summed E-state index contributed by atoms with van der Waals surface area (Å²) < 4.78 is 38.4. The number of hydrogen-bond acceptors (Lipinski definition) is 7. The number of nitrogens with zero attached hydrogens (tertiary/aromatic N) is 3. The summed E-state index contributed by atoms with van der Waals surface area (Å²) in [6, 6.07) is 5.01. The van der Waals surface area contributed by atoms with E-state index in [1.165, 1.54) is 10.8 Å². The van der Waals surface area contributed by atoms with Crippen molar-refractivity contribution in [2.75, 3.05) is 23.7 Å². The predicted octanol–water partition coefficient (Wildman–Crippen LogP) is 0.959. The Bertz CT molecular complexity index is 1130. The van der Waals surface area contributed by atoms with Gasteiger partial charge in [0.25, 0.3) is 11.5 Å². The van der Waals surface area contributed by atoms with E-state index in [4.69, 9.17) is 0 Å². The van der Waals surface area contributed by atoms with Crippen molar-refractivity contribution < 1.29 is 18.0 Å². The molecule has 0 saturated heterocycles. The second-order valence-electron chi connectivity index (χ2n) is 5.85. The molecule has 0 atom stereocenters. The van der Waals surface area contributed by atoms with E-state index in [9.17, 15) is 28.0 Å². The maximum atomic E-state index is 12.6. The Balaban J connectivity index is 2.45. The van der Waals surface area contributed by atoms with Crippen LogP contribution in [-0.2, 0) is 11.3 Å². The summed E-state index contributed by atoms with van der Waals surface area (Å²) in [6.45, 7) is 2.79. The Labute approximate surface area is 173 Å². The van der Waals surface area contributed by atoms with Crippen LogP contribution in [0.2, 0.25) is 0 Å². The van der Waals surface area contributed by atoms with Gasteiger partial charge >= 0.3 is 6.18 Å². The number of anilines is 2. The van der Waals surface area contributed by atoms with Gasteiger partial charge in [-0.05, 0) is 19.9 Å². The lowest BCUT2D eigenvalue weighted by molar-refractivity contribution is -0.135. The van der Waals surface area contributed by atoms with Crippen molar-refractivity contribution in [3.05, 3.63) is 37.9 Å². The van der Waals surface area contributed by atoms with Crippen LogP contribution < -0.4 is 30.7 Å². The number of rotatable bonds is 7. The summed E-state index contributed by atoms with van der Waals surface area (Å²) in [5, 5.41) is 17.0. The Morgan fingerprint density at radius 1 is 1.40 bits per heavy atom. The summed E-state index contributed by atoms with van der Waals surface area (Å²) in [4.78, 5) is 28.8. The molecule has 8 nitrogen and oxygen atoms in total. The fourth-order valence-corrected chi connectivity index (χ4v) is 3.49. The van der Waals surface area contributed by atoms with Gasteiger partial charge in [-0.2, -0.15) is 18.4 Å². The number of alkyl halides is 3. The van der Waals surface area contributed by atoms with Crippen LogP contribution in [0.3, 0.4) is 0 Å². The molecule has 0 aliphatic rings. The van der Waals surface area contributed by atoms with Crippen LogP contribution >= 0.6 is 11.3 Å². The number of thiazole rings is 1. The molecule has 0 aliphatic carbocycles. The molecule has 0 radical (unpaired) electrons. The highest BCUT2D eigenvalue weighted by molar-refractivity contribution is 7.07. The molecule has 0 spiro atoms. The van der Waals surface area contributed by atoms with Gasteiger partial charge in [0.1, 0.15) is 27.6 Å². The van der Waals surface area contributed by atoms with Crippen molar-refractivity contribution in [1.29, 1.82) is 5.26 Å². The first kappa shape index (κ1) is 23.0. The van der Waals surface area contributed by atoms with Gasteiger partial charge in [0, 0.05) is 37.2 Å². The topological polar surface area (TPSA) is 112 Å². The third kappa shape index (κ3) is 5.84. The summed E-state index contributed by atoms with van der Waals surface area (Å²) in [7, 11) is 0. The quantitative estimate of drug-likeness (QED) is 0.591. The van der Waals surface area contributed by atoms with E-state index in [1.54, 1.807) is 36.6 Å². The molecule has 0 fully saturated rings. The smallest absolute Gasteiger partial charge is 0.370 e. The highest BCUT2D eigenvalue weighted by atomic mass is 32.1. The largest absolute Gasteiger partial charge is 0.405 e. The monoisotopic (exact) mass is 440 g/mol. The molecule has 0 aromatic carbocycles. The van der Waals surface area contributed by atoms with Crippen molar-refractivity contribution in [3.8, 4) is 6.07 Å². The lowest BCUT2D eigenvalue weighted by Gasteiger charge is -2.07. The maximum Gasteiger partial charge on any atom is 0.405 e. The van der Waals surface area contributed by atoms with Gasteiger partial charge in [0.05, 0.1) is 0 Å². The number of carbonyl (C=O) groups is 1. The van der Waals surface area contributed by atoms with Gasteiger partial charge in [-0.3, -0.25) is 14.2 Å². The summed E-state index contributed by atoms with van der Waals surface area (Å²) >= 11 is 0.838. The molecule has 0 bridgehead atoms. The van der Waals surface area contributed by atoms with E-state index in [0.717, 1.165) is 11.3 Å². The number of amides is 1. The first-order chi connectivity index (χ1) is 14.2. The van der Waals surface area contributed by atoms with Crippen molar-refractivity contribution in [1.82, 2.24) is 14.9 Å². The molecule has 1 amide bonds. The van der Waals surface area contributed by atoms with Crippen molar-refractivity contribution in [3.63, 3.8) is 0 Å². The predicted molar refractivity (Wildman–Crippen MR) is 108 cm³/mol. The van der Waals surface area contributed by atoms with Crippen molar-refractivity contribution in [2.45, 2.75) is 26.6 Å². The van der Waals surface area contributed by atoms with E-state index >= 15 is 0 Å². The van der Waals surface area contributed by atoms with E-state index in [0.29, 0.717) is 18.1 Å². The second kappa shape index (κ2) is 9.93. The number of aromatic nitrogens is 2. The molecule has 2 aromatic heterocycles. The standard InChI is InChI=1S/C18H19F3N6O2S/c1-3-23-14-7-11(5-6-24-14)25-9-13-16(29)27(4-2)17(30-13)12(8-22)15(28)26-10-18(19,20)21/h5-7,9H,3-4,10H2,1-2H3,(H,26,28)(H2,23,24,25)/b13-9+,17-12-. The zero-order chi connectivity index (χ0) is 22.3. The third-order valence-electron chi connectivity index (χ3n) is 3.71. The van der Waals surface area contributed by atoms with E-state index < -0.39 is 29.8 Å². The highest BCUT2D eigenvalue weighted by Gasteiger charge is 2.28. The first-order valence-electron chi connectivity index (χ1n) is 8.85. The average Bonchev–Trinajstić information content (AvgIpc) is 3.00. The Morgan fingerprint density at radius 3 is 2.73 bits per heavy atom. The SMILES string of the molecule is CCNc1cc(N/C=c2/s/c(=C(/C#N)C(=O)NCC(F)(F)F)n(CC)c2=O)ccn1. The molecule has 12 heteroatoms. The van der Waals surface area contributed by atoms with Crippen LogP contribution in [0.5, 0.6) is 0 Å². The highest BCUT2D eigenvalue weighted by Crippen LogP contribution is 2.13. The van der Waals surface area contributed by atoms with Crippen molar-refractivity contribution >= 4 is 40.5 Å². The Morgan fingerprint density at radius 2 is 2.13 bits per heavy atom. The summed E-state index contributed by atoms with van der Waals surface area (Å²) in [6.07, 6.45) is -1.63. The zero-order valence-corrected chi connectivity index (χ0v) is 16.9. The van der Waals surface area contributed by atoms with Crippen LogP contribution in [0.4, 0.5) is 24.7 Å². The number of pyridine rings is 1. The lowest BCUT2D eigenvalue weighted by atomic mass is 10.3. The maximum absolute atomic E-state index is 12.6. The van der Waals surface area contributed by atoms with Crippen molar-refractivity contribution in [2.24, 2.45) is 0 Å². The van der Waals surface area contributed by atoms with Crippen LogP contribution in [0.1, 0.15) is 13.8 Å². The minimum Gasteiger partial charge on any atom is -0.370 e. The summed E-state index contributed by atoms with van der Waals surface area (Å²) in [5.41, 5.74) is -0.380. The molecule has 2 heterocycles. The number of nitrogens with one attached hydrogen (secondary N) is 3. The van der Waals surface area contributed by atoms with E-state index in [1.807, 2.05) is 6.92 Å². The van der Waals surface area contributed by atoms with Crippen LogP contribution in [0, 0.1) is 11.3 Å². The molecule has 0 aliphatic heterocycles. The Hall–Kier alpha value is -3.33. The molecule has 160 valence electrons. The van der Waals surface area contributed by atoms with Crippen LogP contribution in [0.15, 0.2) is 23.1 Å². The van der Waals surface area contributed by atoms with Crippen LogP contribution in [-0.4, -0.2) is 34.7 Å². The fourth-order valence-electron chi connectivity index (χ4n) is 2.40. The lowest BCUT2D eigenvalue weighted by Crippen LogP contribution is -2.37. The van der Waals surface area contributed by atoms with Crippen LogP contribution in [0.25, 0.3) is 11.8 Å². The number of halogens is 3. The minimum atomic E-state index is -4.62. The Kier molecular flexibility index (Phi) is 7.60. The van der Waals surface area contributed by atoms with Gasteiger partial charge < -0.3 is 16.0 Å². The number of nitriles is 1. The fraction of sp³-hybridized carbons (Fsp3) is 0.333. The second-order valence-corrected chi connectivity index (χ2v) is 6.88. The summed E-state index contributed by atoms with van der Waals surface area (Å²) in [5.74, 6) is -0.558. The molecule has 2 aromatic rings. The third-order valence-corrected chi connectivity index (χ3v) is 4.84. The minimum absolute atomic E-state index is 0.0132. The number of carbonyl (C=O) groups excluding carboxylic acids is 1. The first-order valence-corrected chi connectivity index (χ1v) is 9.67. The molecule has 30 heavy (non-hydrogen) atoms. The van der Waals surface area contributed by atoms with Gasteiger partial charge in [-0.15, -0.1) is 11.3 Å². The average molecular weight is 440 g/mol. The van der Waals surface area contributed by atoms with Gasteiger partial charge in [-0.25, -0.2) is 4.98 Å².